The van der Waals surface area contributed by atoms with Crippen LogP contribution in [0.15, 0.2) is 12.4 Å². The molecule has 0 bridgehead atoms. The first kappa shape index (κ1) is 12.3. The SMILES string of the molecule is CCCCCCC(CC)c1nccn1C. The number of hydrogen-bond donors (Lipinski definition) is 0. The predicted octanol–water partition coefficient (Wildman–Crippen LogP) is 3.88. The molecule has 2 nitrogen and oxygen atoms in total. The molecule has 0 aliphatic rings. The van der Waals surface area contributed by atoms with Gasteiger partial charge in [-0.25, -0.2) is 4.98 Å². The number of unbranched alkanes of at least 4 members (excludes halogenated alkanes) is 3. The first-order chi connectivity index (χ1) is 7.29. The highest BCUT2D eigenvalue weighted by Crippen LogP contribution is 2.23. The Balaban J connectivity index is 2.39. The molecule has 1 unspecified atom stereocenters. The normalized spacial score (nSPS) is 13.0. The molecule has 0 radical (unpaired) electrons. The summed E-state index contributed by atoms with van der Waals surface area (Å²) in [6.45, 7) is 4.52. The van der Waals surface area contributed by atoms with Crippen molar-refractivity contribution >= 4 is 0 Å². The van der Waals surface area contributed by atoms with Crippen molar-refractivity contribution in [3.63, 3.8) is 0 Å². The molecule has 0 saturated carbocycles. The van der Waals surface area contributed by atoms with Gasteiger partial charge in [0.15, 0.2) is 0 Å². The molecule has 1 rings (SSSR count). The summed E-state index contributed by atoms with van der Waals surface area (Å²) in [4.78, 5) is 4.45. The number of aromatic nitrogens is 2. The molecule has 1 atom stereocenters. The van der Waals surface area contributed by atoms with Gasteiger partial charge < -0.3 is 4.57 Å². The van der Waals surface area contributed by atoms with Crippen molar-refractivity contribution in [1.29, 1.82) is 0 Å². The average Bonchev–Trinajstić information content (AvgIpc) is 2.65. The van der Waals surface area contributed by atoms with E-state index in [1.54, 1.807) is 0 Å². The van der Waals surface area contributed by atoms with Crippen molar-refractivity contribution in [2.45, 2.75) is 58.3 Å². The summed E-state index contributed by atoms with van der Waals surface area (Å²) < 4.78 is 2.16. The zero-order chi connectivity index (χ0) is 11.1. The number of imidazole rings is 1. The molecular formula is C13H24N2. The van der Waals surface area contributed by atoms with E-state index < -0.39 is 0 Å². The van der Waals surface area contributed by atoms with Crippen LogP contribution in [0, 0.1) is 0 Å². The van der Waals surface area contributed by atoms with Gasteiger partial charge in [-0.1, -0.05) is 39.5 Å². The Labute approximate surface area is 93.7 Å². The van der Waals surface area contributed by atoms with Crippen molar-refractivity contribution in [3.8, 4) is 0 Å². The standard InChI is InChI=1S/C13H24N2/c1-4-6-7-8-9-12(5-2)13-14-10-11-15(13)3/h10-12H,4-9H2,1-3H3. The molecule has 0 aliphatic carbocycles. The maximum Gasteiger partial charge on any atom is 0.111 e. The van der Waals surface area contributed by atoms with Gasteiger partial charge in [-0.3, -0.25) is 0 Å². The van der Waals surface area contributed by atoms with Gasteiger partial charge in [0, 0.05) is 25.4 Å². The molecular weight excluding hydrogens is 184 g/mol. The van der Waals surface area contributed by atoms with Gasteiger partial charge in [0.1, 0.15) is 5.82 Å². The third-order valence-corrected chi connectivity index (χ3v) is 3.12. The maximum atomic E-state index is 4.45. The molecule has 1 aromatic heterocycles. The lowest BCUT2D eigenvalue weighted by atomic mass is 9.97. The van der Waals surface area contributed by atoms with E-state index in [0.29, 0.717) is 5.92 Å². The zero-order valence-electron chi connectivity index (χ0n) is 10.4. The molecule has 0 fully saturated rings. The fourth-order valence-corrected chi connectivity index (χ4v) is 2.10. The lowest BCUT2D eigenvalue weighted by Gasteiger charge is -2.14. The zero-order valence-corrected chi connectivity index (χ0v) is 10.4. The highest BCUT2D eigenvalue weighted by molar-refractivity contribution is 4.99. The Morgan fingerprint density at radius 2 is 2.07 bits per heavy atom. The van der Waals surface area contributed by atoms with Crippen LogP contribution in [0.4, 0.5) is 0 Å². The Kier molecular flexibility index (Phi) is 5.44. The Hall–Kier alpha value is -0.790. The summed E-state index contributed by atoms with van der Waals surface area (Å²) in [7, 11) is 2.09. The second kappa shape index (κ2) is 6.65. The molecule has 15 heavy (non-hydrogen) atoms. The lowest BCUT2D eigenvalue weighted by Crippen LogP contribution is -2.05. The fourth-order valence-electron chi connectivity index (χ4n) is 2.10. The van der Waals surface area contributed by atoms with Crippen LogP contribution in [0.25, 0.3) is 0 Å². The van der Waals surface area contributed by atoms with Crippen molar-refractivity contribution in [2.24, 2.45) is 7.05 Å². The predicted molar refractivity (Wildman–Crippen MR) is 65.0 cm³/mol. The molecule has 0 aromatic carbocycles. The Bertz CT molecular complexity index is 265. The van der Waals surface area contributed by atoms with Crippen LogP contribution in [-0.2, 0) is 7.05 Å². The Morgan fingerprint density at radius 3 is 2.60 bits per heavy atom. The van der Waals surface area contributed by atoms with E-state index in [4.69, 9.17) is 0 Å². The summed E-state index contributed by atoms with van der Waals surface area (Å²) in [6, 6.07) is 0. The van der Waals surface area contributed by atoms with Crippen molar-refractivity contribution in [2.75, 3.05) is 0 Å². The van der Waals surface area contributed by atoms with Gasteiger partial charge >= 0.3 is 0 Å². The topological polar surface area (TPSA) is 17.8 Å². The first-order valence-electron chi connectivity index (χ1n) is 6.26. The summed E-state index contributed by atoms with van der Waals surface area (Å²) in [5.41, 5.74) is 0. The van der Waals surface area contributed by atoms with Crippen LogP contribution in [0.3, 0.4) is 0 Å². The van der Waals surface area contributed by atoms with Crippen molar-refractivity contribution in [1.82, 2.24) is 9.55 Å². The molecule has 0 amide bonds. The second-order valence-electron chi connectivity index (χ2n) is 4.35. The smallest absolute Gasteiger partial charge is 0.111 e. The average molecular weight is 208 g/mol. The van der Waals surface area contributed by atoms with E-state index in [0.717, 1.165) is 0 Å². The van der Waals surface area contributed by atoms with Crippen LogP contribution in [0.1, 0.15) is 64.1 Å². The van der Waals surface area contributed by atoms with E-state index >= 15 is 0 Å². The van der Waals surface area contributed by atoms with Crippen LogP contribution >= 0.6 is 0 Å². The van der Waals surface area contributed by atoms with E-state index in [1.807, 2.05) is 12.4 Å². The first-order valence-corrected chi connectivity index (χ1v) is 6.26. The number of rotatable bonds is 7. The van der Waals surface area contributed by atoms with Gasteiger partial charge in [-0.05, 0) is 12.8 Å². The van der Waals surface area contributed by atoms with E-state index in [2.05, 4.69) is 30.4 Å². The summed E-state index contributed by atoms with van der Waals surface area (Å²) in [5.74, 6) is 1.91. The van der Waals surface area contributed by atoms with Gasteiger partial charge in [0.2, 0.25) is 0 Å². The van der Waals surface area contributed by atoms with Gasteiger partial charge in [0.25, 0.3) is 0 Å². The monoisotopic (exact) mass is 208 g/mol. The molecule has 2 heteroatoms. The highest BCUT2D eigenvalue weighted by atomic mass is 15.0. The van der Waals surface area contributed by atoms with E-state index in [9.17, 15) is 0 Å². The summed E-state index contributed by atoms with van der Waals surface area (Å²) >= 11 is 0. The molecule has 0 spiro atoms. The minimum Gasteiger partial charge on any atom is -0.338 e. The maximum absolute atomic E-state index is 4.45. The van der Waals surface area contributed by atoms with Gasteiger partial charge in [-0.2, -0.15) is 0 Å². The molecule has 0 saturated heterocycles. The quantitative estimate of drug-likeness (QED) is 0.622. The minimum absolute atomic E-state index is 0.654. The summed E-state index contributed by atoms with van der Waals surface area (Å²) in [5, 5.41) is 0. The number of hydrogen-bond acceptors (Lipinski definition) is 1. The van der Waals surface area contributed by atoms with Crippen molar-refractivity contribution in [3.05, 3.63) is 18.2 Å². The molecule has 1 heterocycles. The third-order valence-electron chi connectivity index (χ3n) is 3.12. The second-order valence-corrected chi connectivity index (χ2v) is 4.35. The summed E-state index contributed by atoms with van der Waals surface area (Å²) in [6.07, 6.45) is 11.9. The largest absolute Gasteiger partial charge is 0.338 e. The lowest BCUT2D eigenvalue weighted by molar-refractivity contribution is 0.510. The molecule has 0 N–H and O–H groups in total. The highest BCUT2D eigenvalue weighted by Gasteiger charge is 2.12. The van der Waals surface area contributed by atoms with Crippen molar-refractivity contribution < 1.29 is 0 Å². The Morgan fingerprint density at radius 1 is 1.27 bits per heavy atom. The van der Waals surface area contributed by atoms with Gasteiger partial charge in [-0.15, -0.1) is 0 Å². The van der Waals surface area contributed by atoms with Crippen LogP contribution in [-0.4, -0.2) is 9.55 Å². The molecule has 0 aliphatic heterocycles. The van der Waals surface area contributed by atoms with Crippen LogP contribution < -0.4 is 0 Å². The van der Waals surface area contributed by atoms with E-state index in [-0.39, 0.29) is 0 Å². The molecule has 1 aromatic rings. The number of nitrogens with zero attached hydrogens (tertiary/aromatic N) is 2. The third kappa shape index (κ3) is 3.69. The minimum atomic E-state index is 0.654. The van der Waals surface area contributed by atoms with Crippen LogP contribution in [0.5, 0.6) is 0 Å². The molecule has 86 valence electrons. The van der Waals surface area contributed by atoms with Gasteiger partial charge in [0.05, 0.1) is 0 Å². The van der Waals surface area contributed by atoms with E-state index in [1.165, 1.54) is 44.3 Å². The van der Waals surface area contributed by atoms with Crippen LogP contribution in [0.2, 0.25) is 0 Å². The fraction of sp³-hybridized carbons (Fsp3) is 0.769. The number of aryl methyl sites for hydroxylation is 1.